The van der Waals surface area contributed by atoms with E-state index in [2.05, 4.69) is 84.4 Å². The summed E-state index contributed by atoms with van der Waals surface area (Å²) < 4.78 is 33.7. The number of rotatable bonds is 1. The molecule has 0 amide bonds. The molecule has 0 radical (unpaired) electrons. The van der Waals surface area contributed by atoms with Crippen molar-refractivity contribution < 1.29 is 28.5 Å². The van der Waals surface area contributed by atoms with Crippen molar-refractivity contribution >= 4 is 34.6 Å². The number of esters is 1. The van der Waals surface area contributed by atoms with E-state index in [9.17, 15) is 4.79 Å². The predicted molar refractivity (Wildman–Crippen MR) is 175 cm³/mol. The largest absolute Gasteiger partial charge is 0.458 e. The summed E-state index contributed by atoms with van der Waals surface area (Å²) in [5.74, 6) is -0.232. The maximum atomic E-state index is 13.0. The molecule has 42 heavy (non-hydrogen) atoms. The molecule has 4 aliphatic rings. The van der Waals surface area contributed by atoms with E-state index in [1.807, 2.05) is 12.1 Å². The van der Waals surface area contributed by atoms with Gasteiger partial charge >= 0.3 is 5.97 Å². The van der Waals surface area contributed by atoms with E-state index in [4.69, 9.17) is 23.7 Å². The topological polar surface area (TPSA) is 63.2 Å². The van der Waals surface area contributed by atoms with Crippen molar-refractivity contribution in [3.8, 4) is 0 Å². The Hall–Kier alpha value is -1.78. The smallest absolute Gasteiger partial charge is 0.330 e. The first-order valence-corrected chi connectivity index (χ1v) is 16.2. The van der Waals surface area contributed by atoms with E-state index in [1.54, 1.807) is 6.08 Å². The summed E-state index contributed by atoms with van der Waals surface area (Å²) in [6, 6.07) is 8.34. The van der Waals surface area contributed by atoms with Gasteiger partial charge in [0, 0.05) is 29.9 Å². The van der Waals surface area contributed by atoms with Crippen LogP contribution in [0.3, 0.4) is 0 Å². The molecule has 1 aromatic carbocycles. The molecule has 0 aromatic heterocycles. The van der Waals surface area contributed by atoms with Crippen LogP contribution in [0.1, 0.15) is 84.1 Å². The number of halogens is 1. The van der Waals surface area contributed by atoms with Crippen LogP contribution in [-0.2, 0) is 28.5 Å². The van der Waals surface area contributed by atoms with E-state index < -0.39 is 6.29 Å². The molecule has 9 atom stereocenters. The van der Waals surface area contributed by atoms with E-state index in [1.165, 1.54) is 5.57 Å². The van der Waals surface area contributed by atoms with E-state index in [-0.39, 0.29) is 61.9 Å². The zero-order valence-corrected chi connectivity index (χ0v) is 26.5. The highest BCUT2D eigenvalue weighted by Crippen LogP contribution is 2.38. The first-order valence-electron chi connectivity index (χ1n) is 15.0. The molecule has 0 N–H and O–H groups in total. The molecule has 5 rings (SSSR count). The Morgan fingerprint density at radius 1 is 1.00 bits per heavy atom. The van der Waals surface area contributed by atoms with Gasteiger partial charge in [-0.2, -0.15) is 0 Å². The van der Waals surface area contributed by atoms with Gasteiger partial charge in [0.25, 0.3) is 0 Å². The lowest BCUT2D eigenvalue weighted by Crippen LogP contribution is -2.50. The Bertz CT molecular complexity index is 1170. The lowest BCUT2D eigenvalue weighted by molar-refractivity contribution is -0.225. The van der Waals surface area contributed by atoms with Gasteiger partial charge in [0.05, 0.1) is 37.1 Å². The Balaban J connectivity index is 0.00000405. The molecule has 3 fully saturated rings. The third kappa shape index (κ3) is 8.23. The van der Waals surface area contributed by atoms with Crippen LogP contribution < -0.4 is 0 Å². The molecule has 230 valence electrons. The number of hydrogen-bond acceptors (Lipinski definition) is 6. The first kappa shape index (κ1) is 33.1. The zero-order valence-electron chi connectivity index (χ0n) is 24.4. The van der Waals surface area contributed by atoms with Gasteiger partial charge in [-0.15, -0.1) is 0 Å². The quantitative estimate of drug-likeness (QED) is 0.168. The zero-order chi connectivity index (χ0) is 28.9. The van der Waals surface area contributed by atoms with Crippen LogP contribution in [0, 0.1) is 11.8 Å². The molecule has 4 heterocycles. The predicted octanol–water partition coefficient (Wildman–Crippen LogP) is 8.27. The number of fused-ring (bicyclic) bond motifs is 9. The number of carbonyl (C=O) groups is 1. The fourth-order valence-electron chi connectivity index (χ4n) is 6.61. The van der Waals surface area contributed by atoms with Crippen molar-refractivity contribution in [1.82, 2.24) is 0 Å². The molecular formula is C35H47IO6. The molecule has 3 saturated heterocycles. The molecule has 0 aliphatic carbocycles. The van der Waals surface area contributed by atoms with Crippen LogP contribution >= 0.6 is 22.6 Å². The minimum atomic E-state index is -0.391. The SMILES string of the molecule is C.C=C1C[C@@H]2C[C@@H]3CCO[C@@H](O3)c3cccc(c3)/C=C/C[C@H]3O[C@@H](/C(C)=C/I)[C@H](C)[C@@H](OC(=O)/C=C\C[C@@H](C1)O2)[C@H]3C. The van der Waals surface area contributed by atoms with Crippen molar-refractivity contribution in [1.29, 1.82) is 0 Å². The third-order valence-electron chi connectivity index (χ3n) is 8.78. The van der Waals surface area contributed by atoms with Crippen LogP contribution in [0.15, 0.2) is 64.3 Å². The third-order valence-corrected chi connectivity index (χ3v) is 9.76. The number of hydrogen-bond donors (Lipinski definition) is 0. The Morgan fingerprint density at radius 2 is 1.79 bits per heavy atom. The van der Waals surface area contributed by atoms with Gasteiger partial charge < -0.3 is 23.7 Å². The molecule has 1 aromatic rings. The number of benzene rings is 1. The first-order chi connectivity index (χ1) is 19.8. The second-order valence-electron chi connectivity index (χ2n) is 12.0. The molecule has 4 aliphatic heterocycles. The van der Waals surface area contributed by atoms with Gasteiger partial charge in [0.1, 0.15) is 6.10 Å². The fourth-order valence-corrected chi connectivity index (χ4v) is 6.96. The van der Waals surface area contributed by atoms with Crippen molar-refractivity contribution in [3.63, 3.8) is 0 Å². The lowest BCUT2D eigenvalue weighted by Gasteiger charge is -2.44. The summed E-state index contributed by atoms with van der Waals surface area (Å²) >= 11 is 2.26. The summed E-state index contributed by atoms with van der Waals surface area (Å²) in [6.45, 7) is 11.3. The molecular weight excluding hydrogens is 643 g/mol. The monoisotopic (exact) mass is 690 g/mol. The minimum Gasteiger partial charge on any atom is -0.458 e. The Morgan fingerprint density at radius 3 is 2.60 bits per heavy atom. The van der Waals surface area contributed by atoms with Crippen LogP contribution in [0.5, 0.6) is 0 Å². The normalized spacial score (nSPS) is 37.8. The average Bonchev–Trinajstić information content (AvgIpc) is 2.95. The highest BCUT2D eigenvalue weighted by atomic mass is 127. The summed E-state index contributed by atoms with van der Waals surface area (Å²) in [6.07, 6.45) is 11.6. The summed E-state index contributed by atoms with van der Waals surface area (Å²) in [5.41, 5.74) is 4.43. The van der Waals surface area contributed by atoms with Gasteiger partial charge in [0.15, 0.2) is 6.29 Å². The maximum Gasteiger partial charge on any atom is 0.330 e. The van der Waals surface area contributed by atoms with E-state index in [0.29, 0.717) is 13.0 Å². The second-order valence-corrected chi connectivity index (χ2v) is 12.7. The molecule has 6 nitrogen and oxygen atoms in total. The number of carbonyl (C=O) groups excluding carboxylic acids is 1. The van der Waals surface area contributed by atoms with E-state index >= 15 is 0 Å². The van der Waals surface area contributed by atoms with Gasteiger partial charge in [-0.05, 0) is 60.3 Å². The molecule has 0 unspecified atom stereocenters. The van der Waals surface area contributed by atoms with Gasteiger partial charge in [-0.3, -0.25) is 0 Å². The second kappa shape index (κ2) is 15.3. The molecule has 7 heteroatoms. The maximum absolute atomic E-state index is 13.0. The highest BCUT2D eigenvalue weighted by Gasteiger charge is 2.43. The lowest BCUT2D eigenvalue weighted by atomic mass is 9.79. The van der Waals surface area contributed by atoms with Crippen LogP contribution in [0.2, 0.25) is 0 Å². The molecule has 8 bridgehead atoms. The van der Waals surface area contributed by atoms with Crippen molar-refractivity contribution in [2.75, 3.05) is 6.61 Å². The number of ether oxygens (including phenoxy) is 5. The summed E-state index contributed by atoms with van der Waals surface area (Å²) in [7, 11) is 0. The van der Waals surface area contributed by atoms with Crippen LogP contribution in [0.4, 0.5) is 0 Å². The van der Waals surface area contributed by atoms with Crippen molar-refractivity contribution in [2.45, 2.75) is 110 Å². The van der Waals surface area contributed by atoms with Crippen LogP contribution in [0.25, 0.3) is 6.08 Å². The van der Waals surface area contributed by atoms with Crippen LogP contribution in [-0.4, -0.2) is 49.2 Å². The van der Waals surface area contributed by atoms with E-state index in [0.717, 1.165) is 48.8 Å². The highest BCUT2D eigenvalue weighted by molar-refractivity contribution is 14.1. The minimum absolute atomic E-state index is 0. The average molecular weight is 691 g/mol. The fraction of sp³-hybridized carbons (Fsp3) is 0.571. The van der Waals surface area contributed by atoms with Crippen molar-refractivity contribution in [3.05, 3.63) is 75.4 Å². The summed E-state index contributed by atoms with van der Waals surface area (Å²) in [5, 5.41) is 0. The molecule has 0 saturated carbocycles. The Labute approximate surface area is 265 Å². The molecule has 0 spiro atoms. The van der Waals surface area contributed by atoms with Crippen molar-refractivity contribution in [2.24, 2.45) is 11.8 Å². The van der Waals surface area contributed by atoms with Gasteiger partial charge in [-0.25, -0.2) is 4.79 Å². The van der Waals surface area contributed by atoms with Gasteiger partial charge in [-0.1, -0.05) is 92.4 Å². The van der Waals surface area contributed by atoms with Gasteiger partial charge in [0.2, 0.25) is 0 Å². The Kier molecular flexibility index (Phi) is 12.1. The summed E-state index contributed by atoms with van der Waals surface area (Å²) in [4.78, 5) is 13.0. The standard InChI is InChI=1S/C34H43IO6.CH4/c1-21-16-27-11-7-13-31(36)41-33-23(3)30(40-32(24(33)4)22(2)20-35)12-6-9-25-8-5-10-26(18-25)34-37-15-14-28(39-34)19-29(17-21)38-27;/h5-10,13,18,20,23-24,27-30,32-34H,1,11-12,14-17,19H2,2-4H3;1H4/b9-6+,13-7-,22-20+;/t23-,24-,27-,28-,29+,30+,32-,33-,34-;/m0./s1.